The summed E-state index contributed by atoms with van der Waals surface area (Å²) in [6.07, 6.45) is 2.72. The van der Waals surface area contributed by atoms with Crippen molar-refractivity contribution in [2.24, 2.45) is 0 Å². The zero-order valence-electron chi connectivity index (χ0n) is 12.7. The number of aromatic nitrogens is 2. The second-order valence-corrected chi connectivity index (χ2v) is 6.58. The van der Waals surface area contributed by atoms with Gasteiger partial charge in [-0.2, -0.15) is 5.10 Å². The van der Waals surface area contributed by atoms with Crippen LogP contribution in [-0.2, 0) is 6.54 Å². The van der Waals surface area contributed by atoms with Crippen LogP contribution in [0.25, 0.3) is 0 Å². The summed E-state index contributed by atoms with van der Waals surface area (Å²) in [5.41, 5.74) is 0.943. The van der Waals surface area contributed by atoms with Crippen LogP contribution in [-0.4, -0.2) is 39.9 Å². The normalized spacial score (nSPS) is 20.2. The number of rotatable bonds is 6. The summed E-state index contributed by atoms with van der Waals surface area (Å²) in [4.78, 5) is 3.45. The van der Waals surface area contributed by atoms with Crippen molar-refractivity contribution in [3.8, 4) is 5.88 Å². The van der Waals surface area contributed by atoms with Gasteiger partial charge in [-0.1, -0.05) is 6.07 Å². The van der Waals surface area contributed by atoms with E-state index >= 15 is 0 Å². The quantitative estimate of drug-likeness (QED) is 0.887. The fourth-order valence-electron chi connectivity index (χ4n) is 2.97. The lowest BCUT2D eigenvalue weighted by molar-refractivity contribution is 0.120. The van der Waals surface area contributed by atoms with Crippen LogP contribution in [0.15, 0.2) is 29.6 Å². The Morgan fingerprint density at radius 3 is 3.00 bits per heavy atom. The van der Waals surface area contributed by atoms with Crippen molar-refractivity contribution < 1.29 is 9.84 Å². The molecule has 0 unspecified atom stereocenters. The minimum absolute atomic E-state index is 0.368. The first-order valence-corrected chi connectivity index (χ1v) is 8.46. The molecule has 1 N–H and O–H groups in total. The summed E-state index contributed by atoms with van der Waals surface area (Å²) in [7, 11) is 1.59. The highest BCUT2D eigenvalue weighted by Gasteiger charge is 2.27. The molecular formula is C16H21N3O2S. The summed E-state index contributed by atoms with van der Waals surface area (Å²) in [5, 5.41) is 20.6. The molecule has 3 heterocycles. The van der Waals surface area contributed by atoms with E-state index in [0.717, 1.165) is 36.5 Å². The second kappa shape index (κ2) is 7.17. The SMILES string of the molecule is COc1ccc(CN2CCC[C@@H]2C[C@@H](O)c2cccs2)nn1. The highest BCUT2D eigenvalue weighted by molar-refractivity contribution is 7.10. The molecule has 5 nitrogen and oxygen atoms in total. The third-order valence-corrected chi connectivity index (χ3v) is 5.11. The van der Waals surface area contributed by atoms with Gasteiger partial charge in [-0.25, -0.2) is 0 Å². The van der Waals surface area contributed by atoms with Crippen molar-refractivity contribution in [2.45, 2.75) is 38.0 Å². The lowest BCUT2D eigenvalue weighted by Gasteiger charge is -2.25. The zero-order valence-corrected chi connectivity index (χ0v) is 13.5. The van der Waals surface area contributed by atoms with E-state index < -0.39 is 0 Å². The third-order valence-electron chi connectivity index (χ3n) is 4.14. The fraction of sp³-hybridized carbons (Fsp3) is 0.500. The molecule has 0 aliphatic carbocycles. The van der Waals surface area contributed by atoms with Gasteiger partial charge in [0.25, 0.3) is 0 Å². The minimum atomic E-state index is -0.368. The lowest BCUT2D eigenvalue weighted by Crippen LogP contribution is -2.30. The van der Waals surface area contributed by atoms with Crippen molar-refractivity contribution in [3.05, 3.63) is 40.2 Å². The molecular weight excluding hydrogens is 298 g/mol. The first kappa shape index (κ1) is 15.4. The van der Waals surface area contributed by atoms with Crippen molar-refractivity contribution in [1.29, 1.82) is 0 Å². The van der Waals surface area contributed by atoms with E-state index in [9.17, 15) is 5.11 Å². The number of hydrogen-bond donors (Lipinski definition) is 1. The first-order valence-electron chi connectivity index (χ1n) is 7.58. The summed E-state index contributed by atoms with van der Waals surface area (Å²) in [6.45, 7) is 1.83. The van der Waals surface area contributed by atoms with Crippen molar-refractivity contribution in [1.82, 2.24) is 15.1 Å². The number of methoxy groups -OCH3 is 1. The molecule has 1 fully saturated rings. The van der Waals surface area contributed by atoms with E-state index in [1.54, 1.807) is 18.4 Å². The van der Waals surface area contributed by atoms with E-state index in [-0.39, 0.29) is 6.10 Å². The van der Waals surface area contributed by atoms with E-state index in [0.29, 0.717) is 11.9 Å². The maximum absolute atomic E-state index is 10.4. The van der Waals surface area contributed by atoms with Crippen molar-refractivity contribution in [2.75, 3.05) is 13.7 Å². The molecule has 0 amide bonds. The molecule has 3 rings (SSSR count). The second-order valence-electron chi connectivity index (χ2n) is 5.60. The first-order chi connectivity index (χ1) is 10.8. The molecule has 0 saturated carbocycles. The molecule has 1 saturated heterocycles. The summed E-state index contributed by atoms with van der Waals surface area (Å²) in [6, 6.07) is 8.19. The molecule has 0 radical (unpaired) electrons. The van der Waals surface area contributed by atoms with E-state index in [4.69, 9.17) is 4.74 Å². The Morgan fingerprint density at radius 1 is 1.41 bits per heavy atom. The number of ether oxygens (including phenoxy) is 1. The van der Waals surface area contributed by atoms with Crippen molar-refractivity contribution in [3.63, 3.8) is 0 Å². The highest BCUT2D eigenvalue weighted by Crippen LogP contribution is 2.30. The summed E-state index contributed by atoms with van der Waals surface area (Å²) < 4.78 is 5.04. The minimum Gasteiger partial charge on any atom is -0.480 e. The Balaban J connectivity index is 1.60. The maximum Gasteiger partial charge on any atom is 0.233 e. The van der Waals surface area contributed by atoms with Crippen LogP contribution in [0, 0.1) is 0 Å². The Morgan fingerprint density at radius 2 is 2.32 bits per heavy atom. The molecule has 118 valence electrons. The van der Waals surface area contributed by atoms with Crippen LogP contribution in [0.3, 0.4) is 0 Å². The zero-order chi connectivity index (χ0) is 15.4. The molecule has 22 heavy (non-hydrogen) atoms. The number of aliphatic hydroxyl groups is 1. The highest BCUT2D eigenvalue weighted by atomic mass is 32.1. The molecule has 2 atom stereocenters. The van der Waals surface area contributed by atoms with Crippen molar-refractivity contribution >= 4 is 11.3 Å². The largest absolute Gasteiger partial charge is 0.480 e. The Kier molecular flexibility index (Phi) is 5.02. The standard InChI is InChI=1S/C16H21N3O2S/c1-21-16-7-6-12(17-18-16)11-19-8-2-4-13(19)10-14(20)15-5-3-9-22-15/h3,5-7,9,13-14,20H,2,4,8,10-11H2,1H3/t13-,14-/m1/s1. The molecule has 0 bridgehead atoms. The molecule has 2 aromatic rings. The smallest absolute Gasteiger partial charge is 0.233 e. The summed E-state index contributed by atoms with van der Waals surface area (Å²) >= 11 is 1.62. The molecule has 0 aromatic carbocycles. The number of aliphatic hydroxyl groups excluding tert-OH is 1. The van der Waals surface area contributed by atoms with Gasteiger partial charge in [-0.15, -0.1) is 16.4 Å². The third kappa shape index (κ3) is 3.63. The van der Waals surface area contributed by atoms with Crippen LogP contribution < -0.4 is 4.74 Å². The van der Waals surface area contributed by atoms with Crippen LogP contribution in [0.1, 0.15) is 35.9 Å². The maximum atomic E-state index is 10.4. The average molecular weight is 319 g/mol. The number of likely N-dealkylation sites (tertiary alicyclic amines) is 1. The number of hydrogen-bond acceptors (Lipinski definition) is 6. The summed E-state index contributed by atoms with van der Waals surface area (Å²) in [5.74, 6) is 0.537. The molecule has 1 aliphatic heterocycles. The Labute approximate surface area is 134 Å². The Bertz CT molecular complexity index is 574. The van der Waals surface area contributed by atoms with E-state index in [1.807, 2.05) is 29.6 Å². The predicted octanol–water partition coefficient (Wildman–Crippen LogP) is 2.63. The van der Waals surface area contributed by atoms with E-state index in [2.05, 4.69) is 15.1 Å². The van der Waals surface area contributed by atoms with Gasteiger partial charge in [-0.05, 0) is 43.3 Å². The van der Waals surface area contributed by atoms with E-state index in [1.165, 1.54) is 6.42 Å². The lowest BCUT2D eigenvalue weighted by atomic mass is 10.1. The van der Waals surface area contributed by atoms with Gasteiger partial charge in [0.05, 0.1) is 18.9 Å². The average Bonchev–Trinajstić information content (AvgIpc) is 3.20. The molecule has 6 heteroatoms. The van der Waals surface area contributed by atoms with Gasteiger partial charge in [0.15, 0.2) is 0 Å². The van der Waals surface area contributed by atoms with Gasteiger partial charge in [-0.3, -0.25) is 4.90 Å². The molecule has 1 aliphatic rings. The van der Waals surface area contributed by atoms with Crippen LogP contribution in [0.2, 0.25) is 0 Å². The van der Waals surface area contributed by atoms with Gasteiger partial charge < -0.3 is 9.84 Å². The monoisotopic (exact) mass is 319 g/mol. The van der Waals surface area contributed by atoms with Crippen LogP contribution in [0.5, 0.6) is 5.88 Å². The topological polar surface area (TPSA) is 58.5 Å². The van der Waals surface area contributed by atoms with Crippen LogP contribution in [0.4, 0.5) is 0 Å². The molecule has 0 spiro atoms. The van der Waals surface area contributed by atoms with Gasteiger partial charge in [0.1, 0.15) is 0 Å². The van der Waals surface area contributed by atoms with Crippen LogP contribution >= 0.6 is 11.3 Å². The van der Waals surface area contributed by atoms with Gasteiger partial charge >= 0.3 is 0 Å². The number of nitrogens with zero attached hydrogens (tertiary/aromatic N) is 3. The Hall–Kier alpha value is -1.50. The van der Waals surface area contributed by atoms with Gasteiger partial charge in [0, 0.05) is 23.5 Å². The molecule has 2 aromatic heterocycles. The number of thiophene rings is 1. The van der Waals surface area contributed by atoms with Gasteiger partial charge in [0.2, 0.25) is 5.88 Å². The fourth-order valence-corrected chi connectivity index (χ4v) is 3.70. The predicted molar refractivity (Wildman–Crippen MR) is 85.9 cm³/mol.